The molecule has 0 aliphatic rings. The third-order valence-corrected chi connectivity index (χ3v) is 0.805. The number of hydrogen-bond acceptors (Lipinski definition) is 6. The van der Waals surface area contributed by atoms with Crippen molar-refractivity contribution in [1.82, 2.24) is 0 Å². The minimum atomic E-state index is -2.27. The maximum Gasteiger partial charge on any atom is 0.335 e. The van der Waals surface area contributed by atoms with E-state index in [1.807, 2.05) is 0 Å². The lowest BCUT2D eigenvalue weighted by Gasteiger charge is -2.07. The number of hydrogen-bond donors (Lipinski definition) is 6. The fraction of sp³-hybridized carbons (Fsp3) is 0.667. The second-order valence-electron chi connectivity index (χ2n) is 1.57. The molecule has 0 spiro atoms. The molecular formula is C6H16N2O6. The van der Waals surface area contributed by atoms with Crippen LogP contribution in [0.1, 0.15) is 0 Å². The zero-order valence-electron chi connectivity index (χ0n) is 7.91. The molecule has 0 fully saturated rings. The molecule has 0 amide bonds. The molecule has 2 unspecified atom stereocenters. The molecule has 8 heteroatoms. The Morgan fingerprint density at radius 3 is 1.07 bits per heavy atom. The van der Waals surface area contributed by atoms with Crippen LogP contribution in [0, 0.1) is 0 Å². The standard InChI is InChI=1S/C4H6O6.2CH5N/c5-1(3(7)8)2(6)4(9)10;2*1-2/h1-2,5-6H,(H,7,8)(H,9,10);2*2H2,1H3. The normalized spacial score (nSPS) is 12.1. The summed E-state index contributed by atoms with van der Waals surface area (Å²) in [7, 11) is 3.00. The summed E-state index contributed by atoms with van der Waals surface area (Å²) in [5, 5.41) is 32.5. The zero-order valence-corrected chi connectivity index (χ0v) is 7.91. The highest BCUT2D eigenvalue weighted by molar-refractivity contribution is 5.82. The van der Waals surface area contributed by atoms with Crippen molar-refractivity contribution in [3.05, 3.63) is 0 Å². The van der Waals surface area contributed by atoms with E-state index >= 15 is 0 Å². The van der Waals surface area contributed by atoms with Gasteiger partial charge >= 0.3 is 11.9 Å². The van der Waals surface area contributed by atoms with Gasteiger partial charge in [-0.15, -0.1) is 0 Å². The third kappa shape index (κ3) is 8.87. The van der Waals surface area contributed by atoms with E-state index < -0.39 is 24.1 Å². The van der Waals surface area contributed by atoms with Gasteiger partial charge in [0.15, 0.2) is 12.2 Å². The number of aliphatic hydroxyl groups is 2. The molecule has 0 saturated heterocycles. The monoisotopic (exact) mass is 212 g/mol. The summed E-state index contributed by atoms with van der Waals surface area (Å²) in [5.74, 6) is -3.54. The average molecular weight is 212 g/mol. The van der Waals surface area contributed by atoms with Crippen LogP contribution in [0.2, 0.25) is 0 Å². The molecule has 0 bridgehead atoms. The topological polar surface area (TPSA) is 167 Å². The molecule has 8 nitrogen and oxygen atoms in total. The van der Waals surface area contributed by atoms with E-state index in [2.05, 4.69) is 11.5 Å². The summed E-state index contributed by atoms with van der Waals surface area (Å²) in [6.07, 6.45) is -4.53. The molecule has 0 aromatic rings. The highest BCUT2D eigenvalue weighted by Crippen LogP contribution is 1.92. The van der Waals surface area contributed by atoms with Crippen molar-refractivity contribution in [3.8, 4) is 0 Å². The Balaban J connectivity index is -0.000000266. The number of nitrogens with two attached hydrogens (primary N) is 2. The highest BCUT2D eigenvalue weighted by Gasteiger charge is 2.29. The van der Waals surface area contributed by atoms with Crippen LogP contribution in [0.3, 0.4) is 0 Å². The van der Waals surface area contributed by atoms with Crippen molar-refractivity contribution in [1.29, 1.82) is 0 Å². The third-order valence-electron chi connectivity index (χ3n) is 0.805. The van der Waals surface area contributed by atoms with Crippen LogP contribution in [0.5, 0.6) is 0 Å². The van der Waals surface area contributed by atoms with Crippen molar-refractivity contribution in [3.63, 3.8) is 0 Å². The van der Waals surface area contributed by atoms with Gasteiger partial charge < -0.3 is 31.9 Å². The lowest BCUT2D eigenvalue weighted by atomic mass is 10.2. The predicted molar refractivity (Wildman–Crippen MR) is 47.5 cm³/mol. The summed E-state index contributed by atoms with van der Waals surface area (Å²) in [6.45, 7) is 0. The van der Waals surface area contributed by atoms with Crippen molar-refractivity contribution in [2.24, 2.45) is 11.5 Å². The van der Waals surface area contributed by atoms with Crippen molar-refractivity contribution < 1.29 is 30.0 Å². The fourth-order valence-corrected chi connectivity index (χ4v) is 0.270. The molecule has 0 radical (unpaired) electrons. The van der Waals surface area contributed by atoms with Gasteiger partial charge in [-0.2, -0.15) is 0 Å². The zero-order chi connectivity index (χ0) is 12.3. The number of aliphatic carboxylic acids is 2. The van der Waals surface area contributed by atoms with Gasteiger partial charge in [0.2, 0.25) is 0 Å². The lowest BCUT2D eigenvalue weighted by Crippen LogP contribution is -2.39. The maximum absolute atomic E-state index is 9.77. The number of carboxylic acid groups (broad SMARTS) is 2. The first-order valence-corrected chi connectivity index (χ1v) is 3.44. The molecular weight excluding hydrogens is 196 g/mol. The summed E-state index contributed by atoms with van der Waals surface area (Å²) >= 11 is 0. The van der Waals surface area contributed by atoms with E-state index in [-0.39, 0.29) is 0 Å². The van der Waals surface area contributed by atoms with Gasteiger partial charge in [0.1, 0.15) is 0 Å². The van der Waals surface area contributed by atoms with Crippen LogP contribution >= 0.6 is 0 Å². The number of aliphatic hydroxyl groups excluding tert-OH is 2. The smallest absolute Gasteiger partial charge is 0.335 e. The van der Waals surface area contributed by atoms with Gasteiger partial charge in [0.25, 0.3) is 0 Å². The van der Waals surface area contributed by atoms with Crippen molar-refractivity contribution in [2.45, 2.75) is 12.2 Å². The number of rotatable bonds is 3. The SMILES string of the molecule is CN.CN.O=C(O)C(O)C(O)C(=O)O. The molecule has 0 aliphatic carbocycles. The van der Waals surface area contributed by atoms with E-state index in [0.29, 0.717) is 0 Å². The molecule has 86 valence electrons. The molecule has 2 atom stereocenters. The van der Waals surface area contributed by atoms with E-state index in [1.54, 1.807) is 0 Å². The van der Waals surface area contributed by atoms with E-state index in [4.69, 9.17) is 20.4 Å². The second kappa shape index (κ2) is 11.8. The highest BCUT2D eigenvalue weighted by atomic mass is 16.4. The Kier molecular flexibility index (Phi) is 15.6. The summed E-state index contributed by atoms with van der Waals surface area (Å²) in [4.78, 5) is 19.5. The first kappa shape index (κ1) is 18.5. The Bertz CT molecular complexity index is 144. The summed E-state index contributed by atoms with van der Waals surface area (Å²) in [5.41, 5.74) is 9.00. The lowest BCUT2D eigenvalue weighted by molar-refractivity contribution is -0.165. The Hall–Kier alpha value is -1.22. The Morgan fingerprint density at radius 2 is 1.00 bits per heavy atom. The Labute approximate surface area is 80.8 Å². The van der Waals surface area contributed by atoms with Crippen LogP contribution in [0.4, 0.5) is 0 Å². The summed E-state index contributed by atoms with van der Waals surface area (Å²) < 4.78 is 0. The van der Waals surface area contributed by atoms with Gasteiger partial charge in [-0.3, -0.25) is 0 Å². The number of carbonyl (C=O) groups is 2. The molecule has 0 aromatic carbocycles. The molecule has 0 aliphatic heterocycles. The average Bonchev–Trinajstić information content (AvgIpc) is 2.21. The fourth-order valence-electron chi connectivity index (χ4n) is 0.270. The quantitative estimate of drug-likeness (QED) is 0.288. The summed E-state index contributed by atoms with van der Waals surface area (Å²) in [6, 6.07) is 0. The molecule has 0 saturated carbocycles. The second-order valence-corrected chi connectivity index (χ2v) is 1.57. The first-order valence-electron chi connectivity index (χ1n) is 3.44. The molecule has 14 heavy (non-hydrogen) atoms. The van der Waals surface area contributed by atoms with E-state index in [9.17, 15) is 9.59 Å². The predicted octanol–water partition coefficient (Wildman–Crippen LogP) is -2.97. The van der Waals surface area contributed by atoms with Crippen LogP contribution in [0.15, 0.2) is 0 Å². The first-order chi connectivity index (χ1) is 6.46. The van der Waals surface area contributed by atoms with Gasteiger partial charge in [-0.1, -0.05) is 0 Å². The molecule has 8 N–H and O–H groups in total. The van der Waals surface area contributed by atoms with E-state index in [1.165, 1.54) is 14.1 Å². The molecule has 0 rings (SSSR count). The van der Waals surface area contributed by atoms with Crippen LogP contribution in [0.25, 0.3) is 0 Å². The minimum absolute atomic E-state index is 1.50. The minimum Gasteiger partial charge on any atom is -0.479 e. The largest absolute Gasteiger partial charge is 0.479 e. The van der Waals surface area contributed by atoms with Crippen molar-refractivity contribution in [2.75, 3.05) is 14.1 Å². The van der Waals surface area contributed by atoms with Gasteiger partial charge in [-0.25, -0.2) is 9.59 Å². The Morgan fingerprint density at radius 1 is 0.857 bits per heavy atom. The van der Waals surface area contributed by atoms with Gasteiger partial charge in [0, 0.05) is 0 Å². The van der Waals surface area contributed by atoms with Crippen LogP contribution in [-0.2, 0) is 9.59 Å². The number of carboxylic acids is 2. The maximum atomic E-state index is 9.77. The van der Waals surface area contributed by atoms with Crippen LogP contribution < -0.4 is 11.5 Å². The van der Waals surface area contributed by atoms with Gasteiger partial charge in [-0.05, 0) is 14.1 Å². The molecule has 0 aromatic heterocycles. The van der Waals surface area contributed by atoms with Crippen molar-refractivity contribution >= 4 is 11.9 Å². The van der Waals surface area contributed by atoms with E-state index in [0.717, 1.165) is 0 Å². The van der Waals surface area contributed by atoms with Crippen LogP contribution in [-0.4, -0.2) is 58.7 Å². The van der Waals surface area contributed by atoms with Gasteiger partial charge in [0.05, 0.1) is 0 Å². The molecule has 0 heterocycles.